The molecule has 0 saturated carbocycles. The van der Waals surface area contributed by atoms with Crippen LogP contribution >= 0.6 is 0 Å². The fourth-order valence-corrected chi connectivity index (χ4v) is 4.07. The Bertz CT molecular complexity index is 1020. The van der Waals surface area contributed by atoms with Crippen LogP contribution in [0.25, 0.3) is 11.3 Å². The molecule has 31 heavy (non-hydrogen) atoms. The quantitative estimate of drug-likeness (QED) is 0.584. The molecular weight excluding hydrogens is 390 g/mol. The van der Waals surface area contributed by atoms with Crippen LogP contribution in [0.5, 0.6) is 11.5 Å². The molecule has 6 heteroatoms. The Kier molecular flexibility index (Phi) is 6.55. The Morgan fingerprint density at radius 3 is 2.32 bits per heavy atom. The summed E-state index contributed by atoms with van der Waals surface area (Å²) in [6, 6.07) is 15.8. The molecule has 0 radical (unpaired) electrons. The molecule has 0 spiro atoms. The molecule has 4 rings (SSSR count). The maximum Gasteiger partial charge on any atom is 0.257 e. The first-order valence-corrected chi connectivity index (χ1v) is 10.8. The van der Waals surface area contributed by atoms with E-state index in [9.17, 15) is 4.79 Å². The summed E-state index contributed by atoms with van der Waals surface area (Å²) in [5.74, 6) is 1.31. The summed E-state index contributed by atoms with van der Waals surface area (Å²) in [5.41, 5.74) is 3.27. The Morgan fingerprint density at radius 2 is 1.65 bits per heavy atom. The standard InChI is InChI=1S/C25H29N3O3/c1-30-22-13-12-20(16-23(22)31-2)24-21(25(29)27-14-8-3-4-9-15-27)18-28(26-24)17-19-10-6-5-7-11-19/h5-7,10-13,16,18H,3-4,8-9,14-15,17H2,1-2H3. The lowest BCUT2D eigenvalue weighted by Crippen LogP contribution is -2.31. The molecule has 0 bridgehead atoms. The van der Waals surface area contributed by atoms with Crippen molar-refractivity contribution < 1.29 is 14.3 Å². The smallest absolute Gasteiger partial charge is 0.257 e. The first kappa shape index (κ1) is 21.0. The predicted molar refractivity (Wildman–Crippen MR) is 121 cm³/mol. The lowest BCUT2D eigenvalue weighted by Gasteiger charge is -2.20. The number of methoxy groups -OCH3 is 2. The SMILES string of the molecule is COc1ccc(-c2nn(Cc3ccccc3)cc2C(=O)N2CCCCCC2)cc1OC. The van der Waals surface area contributed by atoms with Crippen molar-refractivity contribution in [2.24, 2.45) is 0 Å². The van der Waals surface area contributed by atoms with Gasteiger partial charge in [-0.2, -0.15) is 5.10 Å². The van der Waals surface area contributed by atoms with Crippen LogP contribution in [0.4, 0.5) is 0 Å². The topological polar surface area (TPSA) is 56.6 Å². The first-order chi connectivity index (χ1) is 15.2. The molecule has 3 aromatic rings. The van der Waals surface area contributed by atoms with E-state index in [1.165, 1.54) is 12.8 Å². The molecule has 1 saturated heterocycles. The average Bonchev–Trinajstić information content (AvgIpc) is 3.03. The number of benzene rings is 2. The molecule has 1 aromatic heterocycles. The van der Waals surface area contributed by atoms with Crippen molar-refractivity contribution in [3.8, 4) is 22.8 Å². The molecule has 0 N–H and O–H groups in total. The Balaban J connectivity index is 1.73. The third kappa shape index (κ3) is 4.74. The predicted octanol–water partition coefficient (Wildman–Crippen LogP) is 4.63. The zero-order valence-electron chi connectivity index (χ0n) is 18.2. The minimum Gasteiger partial charge on any atom is -0.493 e. The van der Waals surface area contributed by atoms with Crippen molar-refractivity contribution in [3.63, 3.8) is 0 Å². The van der Waals surface area contributed by atoms with Gasteiger partial charge in [-0.1, -0.05) is 43.2 Å². The van der Waals surface area contributed by atoms with E-state index in [-0.39, 0.29) is 5.91 Å². The second kappa shape index (κ2) is 9.69. The van der Waals surface area contributed by atoms with Crippen molar-refractivity contribution in [3.05, 3.63) is 65.9 Å². The summed E-state index contributed by atoms with van der Waals surface area (Å²) in [4.78, 5) is 15.5. The van der Waals surface area contributed by atoms with Gasteiger partial charge in [-0.05, 0) is 36.6 Å². The van der Waals surface area contributed by atoms with E-state index in [1.54, 1.807) is 14.2 Å². The lowest BCUT2D eigenvalue weighted by atomic mass is 10.1. The maximum atomic E-state index is 13.5. The normalized spacial score (nSPS) is 14.2. The molecule has 1 amide bonds. The second-order valence-corrected chi connectivity index (χ2v) is 7.85. The fourth-order valence-electron chi connectivity index (χ4n) is 4.07. The lowest BCUT2D eigenvalue weighted by molar-refractivity contribution is 0.0762. The minimum absolute atomic E-state index is 0.0472. The van der Waals surface area contributed by atoms with Crippen LogP contribution in [-0.2, 0) is 6.54 Å². The van der Waals surface area contributed by atoms with Crippen molar-refractivity contribution in [2.45, 2.75) is 32.2 Å². The van der Waals surface area contributed by atoms with Crippen molar-refractivity contribution in [1.82, 2.24) is 14.7 Å². The highest BCUT2D eigenvalue weighted by Gasteiger charge is 2.24. The van der Waals surface area contributed by atoms with Crippen molar-refractivity contribution in [2.75, 3.05) is 27.3 Å². The second-order valence-electron chi connectivity index (χ2n) is 7.85. The number of hydrogen-bond donors (Lipinski definition) is 0. The molecule has 2 heterocycles. The van der Waals surface area contributed by atoms with Crippen molar-refractivity contribution in [1.29, 1.82) is 0 Å². The molecule has 1 aliphatic heterocycles. The monoisotopic (exact) mass is 419 g/mol. The molecule has 1 fully saturated rings. The summed E-state index contributed by atoms with van der Waals surface area (Å²) >= 11 is 0. The molecule has 6 nitrogen and oxygen atoms in total. The van der Waals surface area contributed by atoms with E-state index in [0.717, 1.165) is 37.1 Å². The molecule has 0 unspecified atom stereocenters. The third-order valence-corrected chi connectivity index (χ3v) is 5.73. The van der Waals surface area contributed by atoms with Crippen LogP contribution < -0.4 is 9.47 Å². The highest BCUT2D eigenvalue weighted by Crippen LogP contribution is 2.33. The highest BCUT2D eigenvalue weighted by atomic mass is 16.5. The molecule has 2 aromatic carbocycles. The summed E-state index contributed by atoms with van der Waals surface area (Å²) in [7, 11) is 3.22. The Hall–Kier alpha value is -3.28. The number of ether oxygens (including phenoxy) is 2. The number of hydrogen-bond acceptors (Lipinski definition) is 4. The van der Waals surface area contributed by atoms with Gasteiger partial charge in [0.2, 0.25) is 0 Å². The van der Waals surface area contributed by atoms with Gasteiger partial charge in [-0.3, -0.25) is 9.48 Å². The Labute approximate surface area is 183 Å². The zero-order valence-corrected chi connectivity index (χ0v) is 18.2. The zero-order chi connectivity index (χ0) is 21.6. The van der Waals surface area contributed by atoms with E-state index >= 15 is 0 Å². The summed E-state index contributed by atoms with van der Waals surface area (Å²) in [6.45, 7) is 2.20. The van der Waals surface area contributed by atoms with Crippen LogP contribution in [0.3, 0.4) is 0 Å². The molecule has 1 aliphatic rings. The number of amides is 1. The molecular formula is C25H29N3O3. The van der Waals surface area contributed by atoms with Gasteiger partial charge in [0.15, 0.2) is 11.5 Å². The number of likely N-dealkylation sites (tertiary alicyclic amines) is 1. The van der Waals surface area contributed by atoms with E-state index < -0.39 is 0 Å². The summed E-state index contributed by atoms with van der Waals surface area (Å²) < 4.78 is 12.7. The largest absolute Gasteiger partial charge is 0.493 e. The average molecular weight is 420 g/mol. The van der Waals surface area contributed by atoms with Gasteiger partial charge in [-0.25, -0.2) is 0 Å². The van der Waals surface area contributed by atoms with Crippen molar-refractivity contribution >= 4 is 5.91 Å². The highest BCUT2D eigenvalue weighted by molar-refractivity contribution is 6.00. The number of aromatic nitrogens is 2. The van der Waals surface area contributed by atoms with Gasteiger partial charge in [-0.15, -0.1) is 0 Å². The molecule has 0 aliphatic carbocycles. The van der Waals surface area contributed by atoms with Gasteiger partial charge in [0.25, 0.3) is 5.91 Å². The van der Waals surface area contributed by atoms with E-state index in [0.29, 0.717) is 29.3 Å². The van der Waals surface area contributed by atoms with Crippen LogP contribution in [0.15, 0.2) is 54.7 Å². The van der Waals surface area contributed by atoms with Gasteiger partial charge in [0, 0.05) is 24.8 Å². The number of nitrogens with zero attached hydrogens (tertiary/aromatic N) is 3. The third-order valence-electron chi connectivity index (χ3n) is 5.73. The molecule has 162 valence electrons. The maximum absolute atomic E-state index is 13.5. The van der Waals surface area contributed by atoms with E-state index in [1.807, 2.05) is 52.2 Å². The van der Waals surface area contributed by atoms with Crippen LogP contribution in [0.1, 0.15) is 41.6 Å². The van der Waals surface area contributed by atoms with E-state index in [2.05, 4.69) is 12.1 Å². The van der Waals surface area contributed by atoms with Crippen LogP contribution in [0, 0.1) is 0 Å². The number of carbonyl (C=O) groups is 1. The first-order valence-electron chi connectivity index (χ1n) is 10.8. The summed E-state index contributed by atoms with van der Waals surface area (Å²) in [5, 5.41) is 4.82. The minimum atomic E-state index is 0.0472. The van der Waals surface area contributed by atoms with E-state index in [4.69, 9.17) is 14.6 Å². The Morgan fingerprint density at radius 1 is 0.935 bits per heavy atom. The van der Waals surface area contributed by atoms with Gasteiger partial charge >= 0.3 is 0 Å². The molecule has 0 atom stereocenters. The fraction of sp³-hybridized carbons (Fsp3) is 0.360. The summed E-state index contributed by atoms with van der Waals surface area (Å²) in [6.07, 6.45) is 6.34. The van der Waals surface area contributed by atoms with Gasteiger partial charge in [0.05, 0.1) is 26.3 Å². The van der Waals surface area contributed by atoms with Crippen LogP contribution in [-0.4, -0.2) is 47.9 Å². The number of rotatable bonds is 6. The van der Waals surface area contributed by atoms with Gasteiger partial charge < -0.3 is 14.4 Å². The number of carbonyl (C=O) groups excluding carboxylic acids is 1. The van der Waals surface area contributed by atoms with Crippen LogP contribution in [0.2, 0.25) is 0 Å². The van der Waals surface area contributed by atoms with Gasteiger partial charge in [0.1, 0.15) is 5.69 Å².